The molecule has 136 valence electrons. The van der Waals surface area contributed by atoms with Gasteiger partial charge in [0.1, 0.15) is 17.6 Å². The van der Waals surface area contributed by atoms with Crippen LogP contribution in [0.3, 0.4) is 0 Å². The van der Waals surface area contributed by atoms with Crippen LogP contribution < -0.4 is 15.4 Å². The Labute approximate surface area is 142 Å². The highest BCUT2D eigenvalue weighted by Gasteiger charge is 2.28. The fourth-order valence-corrected chi connectivity index (χ4v) is 2.01. The van der Waals surface area contributed by atoms with Crippen molar-refractivity contribution in [3.63, 3.8) is 0 Å². The number of hydrogen-bond acceptors (Lipinski definition) is 5. The zero-order chi connectivity index (χ0) is 18.4. The summed E-state index contributed by atoms with van der Waals surface area (Å²) in [6, 6.07) is 6.94. The van der Waals surface area contributed by atoms with Crippen LogP contribution in [-0.2, 0) is 4.79 Å². The molecule has 6 nitrogen and oxygen atoms in total. The van der Waals surface area contributed by atoms with Gasteiger partial charge in [0.15, 0.2) is 12.4 Å². The molecular weight excluding hydrogens is 339 g/mol. The van der Waals surface area contributed by atoms with Crippen molar-refractivity contribution in [2.75, 3.05) is 17.2 Å². The highest BCUT2D eigenvalue weighted by atomic mass is 19.4. The number of carbonyl (C=O) groups excluding carboxylic acids is 1. The predicted molar refractivity (Wildman–Crippen MR) is 85.6 cm³/mol. The van der Waals surface area contributed by atoms with E-state index in [1.807, 2.05) is 6.92 Å². The third-order valence-electron chi connectivity index (χ3n) is 3.20. The van der Waals surface area contributed by atoms with Gasteiger partial charge in [0, 0.05) is 11.8 Å². The number of benzene rings is 1. The average Bonchev–Trinajstić information content (AvgIpc) is 2.95. The fraction of sp³-hybridized carbons (Fsp3) is 0.375. The largest absolute Gasteiger partial charge is 0.484 e. The van der Waals surface area contributed by atoms with Crippen molar-refractivity contribution >= 4 is 17.4 Å². The molecule has 1 heterocycles. The Morgan fingerprint density at radius 2 is 2.00 bits per heavy atom. The van der Waals surface area contributed by atoms with E-state index in [0.29, 0.717) is 23.7 Å². The second kappa shape index (κ2) is 7.91. The smallest absolute Gasteiger partial charge is 0.422 e. The van der Waals surface area contributed by atoms with E-state index >= 15 is 0 Å². The minimum atomic E-state index is -4.39. The number of halogens is 3. The first-order valence-corrected chi connectivity index (χ1v) is 7.57. The number of hydrogen-bond donors (Lipinski definition) is 2. The van der Waals surface area contributed by atoms with Crippen LogP contribution in [0, 0.1) is 6.92 Å². The van der Waals surface area contributed by atoms with Gasteiger partial charge in [-0.15, -0.1) is 0 Å². The van der Waals surface area contributed by atoms with Crippen LogP contribution in [0.25, 0.3) is 0 Å². The summed E-state index contributed by atoms with van der Waals surface area (Å²) in [7, 11) is 0. The van der Waals surface area contributed by atoms with Gasteiger partial charge in [-0.2, -0.15) is 13.2 Å². The van der Waals surface area contributed by atoms with Crippen LogP contribution in [0.1, 0.15) is 19.1 Å². The molecule has 1 amide bonds. The Kier molecular flexibility index (Phi) is 5.89. The Morgan fingerprint density at radius 3 is 2.52 bits per heavy atom. The minimum Gasteiger partial charge on any atom is -0.484 e. The van der Waals surface area contributed by atoms with Gasteiger partial charge in [-0.05, 0) is 37.6 Å². The van der Waals surface area contributed by atoms with Gasteiger partial charge < -0.3 is 19.9 Å². The topological polar surface area (TPSA) is 76.4 Å². The molecule has 0 radical (unpaired) electrons. The Hall–Kier alpha value is -2.71. The predicted octanol–water partition coefficient (Wildman–Crippen LogP) is 3.75. The third kappa shape index (κ3) is 6.02. The van der Waals surface area contributed by atoms with Crippen LogP contribution in [0.2, 0.25) is 0 Å². The zero-order valence-corrected chi connectivity index (χ0v) is 13.7. The molecule has 0 aliphatic heterocycles. The zero-order valence-electron chi connectivity index (χ0n) is 13.7. The molecule has 1 atom stereocenters. The second-order valence-corrected chi connectivity index (χ2v) is 5.35. The number of nitrogens with one attached hydrogen (secondary N) is 2. The standard InChI is InChI=1S/C16H18F3N3O3/c1-3-13(15(23)21-14-8-10(2)25-22-14)20-11-4-6-12(7-5-11)24-9-16(17,18)19/h4-8,13,20H,3,9H2,1-2H3,(H,21,22,23). The summed E-state index contributed by atoms with van der Waals surface area (Å²) in [5.41, 5.74) is 0.581. The number of carbonyl (C=O) groups is 1. The molecule has 0 spiro atoms. The van der Waals surface area contributed by atoms with E-state index in [1.54, 1.807) is 25.1 Å². The lowest BCUT2D eigenvalue weighted by Gasteiger charge is -2.17. The highest BCUT2D eigenvalue weighted by molar-refractivity contribution is 5.95. The summed E-state index contributed by atoms with van der Waals surface area (Å²) in [4.78, 5) is 12.2. The number of alkyl halides is 3. The first-order valence-electron chi connectivity index (χ1n) is 7.57. The molecule has 0 bridgehead atoms. The molecule has 0 saturated heterocycles. The Bertz CT molecular complexity index is 699. The Morgan fingerprint density at radius 1 is 1.32 bits per heavy atom. The molecule has 0 fully saturated rings. The summed E-state index contributed by atoms with van der Waals surface area (Å²) in [5, 5.41) is 9.32. The first kappa shape index (κ1) is 18.6. The lowest BCUT2D eigenvalue weighted by atomic mass is 10.2. The van der Waals surface area contributed by atoms with Crippen LogP contribution in [-0.4, -0.2) is 29.9 Å². The monoisotopic (exact) mass is 357 g/mol. The number of amides is 1. The van der Waals surface area contributed by atoms with Gasteiger partial charge in [-0.1, -0.05) is 12.1 Å². The van der Waals surface area contributed by atoms with Gasteiger partial charge in [-0.25, -0.2) is 0 Å². The molecule has 1 aromatic carbocycles. The second-order valence-electron chi connectivity index (χ2n) is 5.35. The summed E-state index contributed by atoms with van der Waals surface area (Å²) in [6.07, 6.45) is -3.89. The molecule has 1 unspecified atom stereocenters. The first-order chi connectivity index (χ1) is 11.8. The van der Waals surface area contributed by atoms with E-state index in [2.05, 4.69) is 20.5 Å². The van der Waals surface area contributed by atoms with E-state index in [1.165, 1.54) is 12.1 Å². The van der Waals surface area contributed by atoms with Gasteiger partial charge >= 0.3 is 6.18 Å². The van der Waals surface area contributed by atoms with E-state index < -0.39 is 18.8 Å². The molecule has 25 heavy (non-hydrogen) atoms. The van der Waals surface area contributed by atoms with E-state index in [4.69, 9.17) is 4.52 Å². The number of nitrogens with zero attached hydrogens (tertiary/aromatic N) is 1. The van der Waals surface area contributed by atoms with Gasteiger partial charge in [0.25, 0.3) is 0 Å². The lowest BCUT2D eigenvalue weighted by molar-refractivity contribution is -0.153. The number of rotatable bonds is 7. The normalized spacial score (nSPS) is 12.5. The maximum atomic E-state index is 12.2. The summed E-state index contributed by atoms with van der Waals surface area (Å²) in [5.74, 6) is 0.691. The van der Waals surface area contributed by atoms with Crippen LogP contribution in [0.4, 0.5) is 24.7 Å². The lowest BCUT2D eigenvalue weighted by Crippen LogP contribution is -2.34. The van der Waals surface area contributed by atoms with E-state index in [0.717, 1.165) is 0 Å². The van der Waals surface area contributed by atoms with Crippen LogP contribution in [0.5, 0.6) is 5.75 Å². The molecule has 0 aliphatic carbocycles. The third-order valence-corrected chi connectivity index (χ3v) is 3.20. The molecule has 2 aromatic rings. The minimum absolute atomic E-state index is 0.0958. The van der Waals surface area contributed by atoms with Crippen LogP contribution in [0.15, 0.2) is 34.9 Å². The fourth-order valence-electron chi connectivity index (χ4n) is 2.01. The summed E-state index contributed by atoms with van der Waals surface area (Å²) in [6.45, 7) is 2.18. The quantitative estimate of drug-likeness (QED) is 0.789. The summed E-state index contributed by atoms with van der Waals surface area (Å²) >= 11 is 0. The molecule has 0 saturated carbocycles. The van der Waals surface area contributed by atoms with E-state index in [9.17, 15) is 18.0 Å². The number of aromatic nitrogens is 1. The molecule has 2 rings (SSSR count). The van der Waals surface area contributed by atoms with Crippen molar-refractivity contribution < 1.29 is 27.2 Å². The van der Waals surface area contributed by atoms with Crippen molar-refractivity contribution in [2.24, 2.45) is 0 Å². The number of ether oxygens (including phenoxy) is 1. The Balaban J connectivity index is 1.93. The van der Waals surface area contributed by atoms with Crippen molar-refractivity contribution in [1.29, 1.82) is 0 Å². The van der Waals surface area contributed by atoms with Gasteiger partial charge in [0.2, 0.25) is 5.91 Å². The molecule has 1 aromatic heterocycles. The maximum absolute atomic E-state index is 12.2. The molecule has 9 heteroatoms. The van der Waals surface area contributed by atoms with Crippen molar-refractivity contribution in [2.45, 2.75) is 32.5 Å². The summed E-state index contributed by atoms with van der Waals surface area (Å²) < 4.78 is 45.9. The van der Waals surface area contributed by atoms with Gasteiger partial charge in [-0.3, -0.25) is 4.79 Å². The van der Waals surface area contributed by atoms with Gasteiger partial charge in [0.05, 0.1) is 0 Å². The van der Waals surface area contributed by atoms with Crippen molar-refractivity contribution in [3.05, 3.63) is 36.1 Å². The number of anilines is 2. The molecule has 2 N–H and O–H groups in total. The van der Waals surface area contributed by atoms with Crippen molar-refractivity contribution in [1.82, 2.24) is 5.16 Å². The van der Waals surface area contributed by atoms with E-state index in [-0.39, 0.29) is 11.7 Å². The SMILES string of the molecule is CCC(Nc1ccc(OCC(F)(F)F)cc1)C(=O)Nc1cc(C)on1. The average molecular weight is 357 g/mol. The number of aryl methyl sites for hydroxylation is 1. The molecule has 0 aliphatic rings. The van der Waals surface area contributed by atoms with Crippen LogP contribution >= 0.6 is 0 Å². The highest BCUT2D eigenvalue weighted by Crippen LogP contribution is 2.21. The molecular formula is C16H18F3N3O3. The van der Waals surface area contributed by atoms with Crippen molar-refractivity contribution in [3.8, 4) is 5.75 Å². The maximum Gasteiger partial charge on any atom is 0.422 e.